The standard InChI is InChI=1S/C18H21FN4O2/c1-11-20-6-7-23(11)16-4-2-13(19)8-12(16)10-21-18(24)22-15-9-14-3-5-17(15)25-14/h2,4,6-8,14-15,17H,3,5,9-10H2,1H3,(H2,21,22,24)/t14-,15+,17-/m1/s1. The van der Waals surface area contributed by atoms with Crippen molar-refractivity contribution in [3.05, 3.63) is 47.8 Å². The van der Waals surface area contributed by atoms with Gasteiger partial charge in [-0.1, -0.05) is 0 Å². The van der Waals surface area contributed by atoms with Crippen molar-refractivity contribution in [1.29, 1.82) is 0 Å². The molecular weight excluding hydrogens is 323 g/mol. The molecule has 2 aromatic rings. The summed E-state index contributed by atoms with van der Waals surface area (Å²) in [7, 11) is 0. The van der Waals surface area contributed by atoms with Gasteiger partial charge in [0.1, 0.15) is 11.6 Å². The van der Waals surface area contributed by atoms with Gasteiger partial charge in [-0.05, 0) is 49.9 Å². The van der Waals surface area contributed by atoms with E-state index in [4.69, 9.17) is 4.74 Å². The topological polar surface area (TPSA) is 68.2 Å². The second-order valence-electron chi connectivity index (χ2n) is 6.66. The van der Waals surface area contributed by atoms with Crippen molar-refractivity contribution in [2.75, 3.05) is 0 Å². The number of halogens is 1. The van der Waals surface area contributed by atoms with E-state index in [-0.39, 0.29) is 36.6 Å². The monoisotopic (exact) mass is 344 g/mol. The van der Waals surface area contributed by atoms with Crippen LogP contribution in [-0.2, 0) is 11.3 Å². The van der Waals surface area contributed by atoms with Crippen LogP contribution in [0.15, 0.2) is 30.6 Å². The largest absolute Gasteiger partial charge is 0.373 e. The molecule has 0 aliphatic carbocycles. The molecule has 4 rings (SSSR count). The second-order valence-corrected chi connectivity index (χ2v) is 6.66. The summed E-state index contributed by atoms with van der Waals surface area (Å²) in [6, 6.07) is 4.36. The predicted molar refractivity (Wildman–Crippen MR) is 89.9 cm³/mol. The number of imidazole rings is 1. The Kier molecular flexibility index (Phi) is 4.17. The molecule has 0 unspecified atom stereocenters. The number of nitrogens with one attached hydrogen (secondary N) is 2. The normalized spacial score (nSPS) is 24.5. The summed E-state index contributed by atoms with van der Waals surface area (Å²) < 4.78 is 21.3. The summed E-state index contributed by atoms with van der Waals surface area (Å²) in [5.41, 5.74) is 1.50. The van der Waals surface area contributed by atoms with Crippen LogP contribution in [0, 0.1) is 12.7 Å². The van der Waals surface area contributed by atoms with Crippen molar-refractivity contribution in [2.45, 2.75) is 51.0 Å². The minimum atomic E-state index is -0.333. The SMILES string of the molecule is Cc1nccn1-c1ccc(F)cc1CNC(=O)N[C@H]1C[C@H]2CC[C@H]1O2. The third kappa shape index (κ3) is 3.24. The first-order valence-corrected chi connectivity index (χ1v) is 8.59. The highest BCUT2D eigenvalue weighted by molar-refractivity contribution is 5.74. The van der Waals surface area contributed by atoms with Gasteiger partial charge in [0.15, 0.2) is 0 Å². The third-order valence-electron chi connectivity index (χ3n) is 4.99. The Morgan fingerprint density at radius 1 is 1.44 bits per heavy atom. The number of hydrogen-bond acceptors (Lipinski definition) is 3. The first-order chi connectivity index (χ1) is 12.1. The second kappa shape index (κ2) is 6.48. The number of urea groups is 1. The molecule has 3 heterocycles. The molecule has 2 aliphatic rings. The number of fused-ring (bicyclic) bond motifs is 2. The van der Waals surface area contributed by atoms with Crippen LogP contribution in [0.5, 0.6) is 0 Å². The van der Waals surface area contributed by atoms with Crippen LogP contribution in [0.1, 0.15) is 30.7 Å². The van der Waals surface area contributed by atoms with Crippen LogP contribution in [0.3, 0.4) is 0 Å². The van der Waals surface area contributed by atoms with Crippen molar-refractivity contribution < 1.29 is 13.9 Å². The van der Waals surface area contributed by atoms with Crippen LogP contribution in [-0.4, -0.2) is 33.8 Å². The van der Waals surface area contributed by atoms with E-state index in [9.17, 15) is 9.18 Å². The summed E-state index contributed by atoms with van der Waals surface area (Å²) in [6.07, 6.45) is 6.89. The summed E-state index contributed by atoms with van der Waals surface area (Å²) in [4.78, 5) is 16.4. The van der Waals surface area contributed by atoms with E-state index < -0.39 is 0 Å². The molecule has 0 saturated carbocycles. The average molecular weight is 344 g/mol. The molecule has 0 spiro atoms. The van der Waals surface area contributed by atoms with E-state index >= 15 is 0 Å². The Labute approximate surface area is 145 Å². The molecule has 2 amide bonds. The van der Waals surface area contributed by atoms with Crippen molar-refractivity contribution >= 4 is 6.03 Å². The Hall–Kier alpha value is -2.41. The van der Waals surface area contributed by atoms with Crippen LogP contribution in [0.2, 0.25) is 0 Å². The molecule has 2 bridgehead atoms. The van der Waals surface area contributed by atoms with Gasteiger partial charge in [-0.15, -0.1) is 0 Å². The number of carbonyl (C=O) groups excluding carboxylic acids is 1. The van der Waals surface area contributed by atoms with Gasteiger partial charge in [-0.2, -0.15) is 0 Å². The molecule has 25 heavy (non-hydrogen) atoms. The highest BCUT2D eigenvalue weighted by Crippen LogP contribution is 2.34. The zero-order valence-electron chi connectivity index (χ0n) is 14.0. The highest BCUT2D eigenvalue weighted by atomic mass is 19.1. The van der Waals surface area contributed by atoms with Gasteiger partial charge in [-0.25, -0.2) is 14.2 Å². The predicted octanol–water partition coefficient (Wildman–Crippen LogP) is 2.44. The molecule has 2 saturated heterocycles. The fourth-order valence-electron chi connectivity index (χ4n) is 3.75. The van der Waals surface area contributed by atoms with E-state index in [0.29, 0.717) is 5.56 Å². The van der Waals surface area contributed by atoms with Gasteiger partial charge < -0.3 is 19.9 Å². The summed E-state index contributed by atoms with van der Waals surface area (Å²) in [5.74, 6) is 0.469. The number of amides is 2. The summed E-state index contributed by atoms with van der Waals surface area (Å²) in [5, 5.41) is 5.80. The number of carbonyl (C=O) groups is 1. The zero-order valence-corrected chi connectivity index (χ0v) is 14.0. The first-order valence-electron chi connectivity index (χ1n) is 8.59. The van der Waals surface area contributed by atoms with Gasteiger partial charge in [0.2, 0.25) is 0 Å². The highest BCUT2D eigenvalue weighted by Gasteiger charge is 2.41. The van der Waals surface area contributed by atoms with E-state index in [0.717, 1.165) is 30.8 Å². The number of hydrogen-bond donors (Lipinski definition) is 2. The molecule has 7 heteroatoms. The van der Waals surface area contributed by atoms with E-state index in [1.54, 1.807) is 12.3 Å². The maximum Gasteiger partial charge on any atom is 0.315 e. The fraction of sp³-hybridized carbons (Fsp3) is 0.444. The molecule has 3 atom stereocenters. The Morgan fingerprint density at radius 2 is 2.32 bits per heavy atom. The molecular formula is C18H21FN4O2. The molecule has 2 fully saturated rings. The minimum Gasteiger partial charge on any atom is -0.373 e. The van der Waals surface area contributed by atoms with Crippen LogP contribution in [0.4, 0.5) is 9.18 Å². The van der Waals surface area contributed by atoms with Crippen molar-refractivity contribution in [3.8, 4) is 5.69 Å². The van der Waals surface area contributed by atoms with E-state index in [2.05, 4.69) is 15.6 Å². The Balaban J connectivity index is 1.43. The van der Waals surface area contributed by atoms with Crippen LogP contribution in [0.25, 0.3) is 5.69 Å². The molecule has 1 aromatic heterocycles. The van der Waals surface area contributed by atoms with Crippen molar-refractivity contribution in [1.82, 2.24) is 20.2 Å². The van der Waals surface area contributed by atoms with Crippen molar-refractivity contribution in [3.63, 3.8) is 0 Å². The van der Waals surface area contributed by atoms with Gasteiger partial charge in [0, 0.05) is 18.9 Å². The van der Waals surface area contributed by atoms with Gasteiger partial charge >= 0.3 is 6.03 Å². The van der Waals surface area contributed by atoms with Crippen LogP contribution >= 0.6 is 0 Å². The van der Waals surface area contributed by atoms with Gasteiger partial charge in [0.25, 0.3) is 0 Å². The molecule has 132 valence electrons. The maximum absolute atomic E-state index is 13.7. The Morgan fingerprint density at radius 3 is 3.00 bits per heavy atom. The summed E-state index contributed by atoms with van der Waals surface area (Å²) in [6.45, 7) is 2.11. The van der Waals surface area contributed by atoms with Crippen LogP contribution < -0.4 is 10.6 Å². The number of ether oxygens (including phenoxy) is 1. The number of rotatable bonds is 4. The van der Waals surface area contributed by atoms with Gasteiger partial charge in [-0.3, -0.25) is 0 Å². The van der Waals surface area contributed by atoms with Gasteiger partial charge in [0.05, 0.1) is 23.9 Å². The van der Waals surface area contributed by atoms with E-state index in [1.807, 2.05) is 17.7 Å². The smallest absolute Gasteiger partial charge is 0.315 e. The fourth-order valence-corrected chi connectivity index (χ4v) is 3.75. The quantitative estimate of drug-likeness (QED) is 0.895. The molecule has 0 radical (unpaired) electrons. The lowest BCUT2D eigenvalue weighted by Crippen LogP contribution is -2.46. The lowest BCUT2D eigenvalue weighted by Gasteiger charge is -2.20. The molecule has 2 aliphatic heterocycles. The number of benzene rings is 1. The third-order valence-corrected chi connectivity index (χ3v) is 4.99. The zero-order chi connectivity index (χ0) is 17.4. The lowest BCUT2D eigenvalue weighted by atomic mass is 9.96. The molecule has 6 nitrogen and oxygen atoms in total. The van der Waals surface area contributed by atoms with E-state index in [1.165, 1.54) is 12.1 Å². The average Bonchev–Trinajstić information content (AvgIpc) is 3.30. The summed E-state index contributed by atoms with van der Waals surface area (Å²) >= 11 is 0. The number of aromatic nitrogens is 2. The minimum absolute atomic E-state index is 0.0709. The first kappa shape index (κ1) is 16.1. The molecule has 2 N–H and O–H groups in total. The maximum atomic E-state index is 13.7. The molecule has 1 aromatic carbocycles. The van der Waals surface area contributed by atoms with Crippen molar-refractivity contribution in [2.24, 2.45) is 0 Å². The lowest BCUT2D eigenvalue weighted by molar-refractivity contribution is 0.0981. The number of nitrogens with zero attached hydrogens (tertiary/aromatic N) is 2. The number of aryl methyl sites for hydroxylation is 1. The Bertz CT molecular complexity index is 791.